The molecule has 0 aliphatic carbocycles. The fourth-order valence-corrected chi connectivity index (χ4v) is 1.26. The number of aromatic amines is 1. The normalized spacial score (nSPS) is 9.50. The lowest BCUT2D eigenvalue weighted by molar-refractivity contribution is 1.10. The predicted molar refractivity (Wildman–Crippen MR) is 60.4 cm³/mol. The van der Waals surface area contributed by atoms with Crippen molar-refractivity contribution >= 4 is 18.2 Å². The monoisotopic (exact) mass is 209 g/mol. The Bertz CT molecular complexity index is 406. The molecule has 74 valence electrons. The van der Waals surface area contributed by atoms with Gasteiger partial charge in [-0.15, -0.1) is 12.4 Å². The van der Waals surface area contributed by atoms with Crippen LogP contribution in [0.4, 0.5) is 5.82 Å². The van der Waals surface area contributed by atoms with E-state index in [1.165, 1.54) is 5.56 Å². The highest BCUT2D eigenvalue weighted by molar-refractivity contribution is 5.85. The number of hydrogen-bond donors (Lipinski definition) is 2. The summed E-state index contributed by atoms with van der Waals surface area (Å²) >= 11 is 0. The minimum absolute atomic E-state index is 0. The Morgan fingerprint density at radius 1 is 1.21 bits per heavy atom. The molecule has 0 radical (unpaired) electrons. The van der Waals surface area contributed by atoms with Crippen molar-refractivity contribution in [1.29, 1.82) is 0 Å². The van der Waals surface area contributed by atoms with Gasteiger partial charge >= 0.3 is 0 Å². The largest absolute Gasteiger partial charge is 0.384 e. The summed E-state index contributed by atoms with van der Waals surface area (Å²) in [6.45, 7) is 2.06. The number of halogens is 1. The van der Waals surface area contributed by atoms with Gasteiger partial charge in [0, 0.05) is 5.56 Å². The van der Waals surface area contributed by atoms with E-state index in [0.29, 0.717) is 5.82 Å². The maximum atomic E-state index is 5.69. The van der Waals surface area contributed by atoms with Crippen LogP contribution in [0.3, 0.4) is 0 Å². The van der Waals surface area contributed by atoms with E-state index >= 15 is 0 Å². The number of H-pyrrole nitrogens is 1. The van der Waals surface area contributed by atoms with Crippen LogP contribution < -0.4 is 5.73 Å². The van der Waals surface area contributed by atoms with E-state index in [1.54, 1.807) is 6.20 Å². The van der Waals surface area contributed by atoms with E-state index in [-0.39, 0.29) is 12.4 Å². The molecule has 0 atom stereocenters. The molecule has 2 rings (SSSR count). The van der Waals surface area contributed by atoms with Gasteiger partial charge in [0.05, 0.1) is 6.20 Å². The van der Waals surface area contributed by atoms with Gasteiger partial charge in [-0.25, -0.2) is 0 Å². The van der Waals surface area contributed by atoms with Gasteiger partial charge in [0.15, 0.2) is 0 Å². The highest BCUT2D eigenvalue weighted by atomic mass is 35.5. The van der Waals surface area contributed by atoms with E-state index in [2.05, 4.69) is 29.3 Å². The quantitative estimate of drug-likeness (QED) is 0.758. The summed E-state index contributed by atoms with van der Waals surface area (Å²) in [7, 11) is 0. The summed E-state index contributed by atoms with van der Waals surface area (Å²) in [4.78, 5) is 0. The Morgan fingerprint density at radius 3 is 2.36 bits per heavy atom. The smallest absolute Gasteiger partial charge is 0.126 e. The van der Waals surface area contributed by atoms with Crippen molar-refractivity contribution < 1.29 is 0 Å². The maximum absolute atomic E-state index is 5.69. The second-order valence-electron chi connectivity index (χ2n) is 3.06. The van der Waals surface area contributed by atoms with E-state index in [9.17, 15) is 0 Å². The van der Waals surface area contributed by atoms with Crippen molar-refractivity contribution in [3.05, 3.63) is 36.0 Å². The molecule has 1 aromatic carbocycles. The van der Waals surface area contributed by atoms with Crippen LogP contribution in [0.1, 0.15) is 5.56 Å². The first kappa shape index (κ1) is 10.6. The molecule has 4 heteroatoms. The van der Waals surface area contributed by atoms with Crippen LogP contribution in [-0.2, 0) is 0 Å². The number of nitrogens with one attached hydrogen (secondary N) is 1. The van der Waals surface area contributed by atoms with Crippen LogP contribution in [0.2, 0.25) is 0 Å². The molecular formula is C10H12ClN3. The first-order valence-electron chi connectivity index (χ1n) is 4.13. The van der Waals surface area contributed by atoms with Crippen molar-refractivity contribution in [2.75, 3.05) is 5.73 Å². The van der Waals surface area contributed by atoms with Gasteiger partial charge < -0.3 is 5.73 Å². The number of aryl methyl sites for hydroxylation is 1. The molecule has 0 unspecified atom stereocenters. The number of nitrogen functional groups attached to an aromatic ring is 1. The lowest BCUT2D eigenvalue weighted by Gasteiger charge is -1.98. The topological polar surface area (TPSA) is 54.7 Å². The van der Waals surface area contributed by atoms with E-state index < -0.39 is 0 Å². The molecule has 2 aromatic rings. The van der Waals surface area contributed by atoms with Crippen LogP contribution in [0.25, 0.3) is 11.1 Å². The summed E-state index contributed by atoms with van der Waals surface area (Å²) in [5.74, 6) is 0.615. The highest BCUT2D eigenvalue weighted by Gasteiger charge is 2.02. The summed E-state index contributed by atoms with van der Waals surface area (Å²) in [6, 6.07) is 8.19. The molecule has 0 bridgehead atoms. The molecule has 0 saturated heterocycles. The zero-order chi connectivity index (χ0) is 9.26. The number of hydrogen-bond acceptors (Lipinski definition) is 2. The predicted octanol–water partition coefficient (Wildman–Crippen LogP) is 2.39. The minimum Gasteiger partial charge on any atom is -0.384 e. The summed E-state index contributed by atoms with van der Waals surface area (Å²) in [6.07, 6.45) is 1.74. The van der Waals surface area contributed by atoms with Crippen molar-refractivity contribution in [2.45, 2.75) is 6.92 Å². The molecular weight excluding hydrogens is 198 g/mol. The molecule has 1 aromatic heterocycles. The average molecular weight is 210 g/mol. The molecule has 0 fully saturated rings. The second-order valence-corrected chi connectivity index (χ2v) is 3.06. The number of benzene rings is 1. The van der Waals surface area contributed by atoms with Crippen LogP contribution in [0.15, 0.2) is 30.5 Å². The van der Waals surface area contributed by atoms with Crippen molar-refractivity contribution in [3.63, 3.8) is 0 Å². The van der Waals surface area contributed by atoms with Gasteiger partial charge in [0.25, 0.3) is 0 Å². The maximum Gasteiger partial charge on any atom is 0.126 e. The number of nitrogens with two attached hydrogens (primary N) is 1. The number of anilines is 1. The van der Waals surface area contributed by atoms with Gasteiger partial charge in [0.2, 0.25) is 0 Å². The zero-order valence-electron chi connectivity index (χ0n) is 7.82. The third-order valence-electron chi connectivity index (χ3n) is 2.03. The fraction of sp³-hybridized carbons (Fsp3) is 0.100. The molecule has 0 saturated carbocycles. The van der Waals surface area contributed by atoms with Gasteiger partial charge in [-0.3, -0.25) is 5.10 Å². The molecule has 14 heavy (non-hydrogen) atoms. The highest BCUT2D eigenvalue weighted by Crippen LogP contribution is 2.23. The summed E-state index contributed by atoms with van der Waals surface area (Å²) in [5.41, 5.74) is 8.99. The summed E-state index contributed by atoms with van der Waals surface area (Å²) < 4.78 is 0. The van der Waals surface area contributed by atoms with Gasteiger partial charge in [-0.1, -0.05) is 29.8 Å². The van der Waals surface area contributed by atoms with Gasteiger partial charge in [-0.05, 0) is 12.5 Å². The van der Waals surface area contributed by atoms with Crippen molar-refractivity contribution in [1.82, 2.24) is 10.2 Å². The Hall–Kier alpha value is -1.48. The lowest BCUT2D eigenvalue weighted by Crippen LogP contribution is -1.87. The Kier molecular flexibility index (Phi) is 3.14. The molecule has 3 nitrogen and oxygen atoms in total. The molecule has 0 amide bonds. The average Bonchev–Trinajstić information content (AvgIpc) is 2.53. The second kappa shape index (κ2) is 4.15. The third kappa shape index (κ3) is 1.88. The first-order chi connectivity index (χ1) is 6.27. The number of rotatable bonds is 1. The molecule has 0 spiro atoms. The minimum atomic E-state index is 0. The van der Waals surface area contributed by atoms with Gasteiger partial charge in [-0.2, -0.15) is 5.10 Å². The number of aromatic nitrogens is 2. The summed E-state index contributed by atoms with van der Waals surface area (Å²) in [5, 5.41) is 6.58. The first-order valence-corrected chi connectivity index (χ1v) is 4.13. The van der Waals surface area contributed by atoms with Crippen LogP contribution in [-0.4, -0.2) is 10.2 Å². The number of nitrogens with zero attached hydrogens (tertiary/aromatic N) is 1. The van der Waals surface area contributed by atoms with Crippen molar-refractivity contribution in [3.8, 4) is 11.1 Å². The van der Waals surface area contributed by atoms with Crippen LogP contribution in [0.5, 0.6) is 0 Å². The molecule has 1 heterocycles. The van der Waals surface area contributed by atoms with E-state index in [4.69, 9.17) is 5.73 Å². The Morgan fingerprint density at radius 2 is 1.86 bits per heavy atom. The Labute approximate surface area is 88.7 Å². The third-order valence-corrected chi connectivity index (χ3v) is 2.03. The van der Waals surface area contributed by atoms with Gasteiger partial charge in [0.1, 0.15) is 5.82 Å². The SMILES string of the molecule is Cc1ccc(-c2cn[nH]c2N)cc1.Cl. The molecule has 3 N–H and O–H groups in total. The zero-order valence-corrected chi connectivity index (χ0v) is 8.64. The Balaban J connectivity index is 0.000000980. The molecule has 0 aliphatic heterocycles. The fourth-order valence-electron chi connectivity index (χ4n) is 1.26. The van der Waals surface area contributed by atoms with Crippen LogP contribution in [0, 0.1) is 6.92 Å². The van der Waals surface area contributed by atoms with Crippen molar-refractivity contribution in [2.24, 2.45) is 0 Å². The lowest BCUT2D eigenvalue weighted by atomic mass is 10.1. The van der Waals surface area contributed by atoms with E-state index in [1.807, 2.05) is 12.1 Å². The molecule has 0 aliphatic rings. The van der Waals surface area contributed by atoms with Crippen LogP contribution >= 0.6 is 12.4 Å². The standard InChI is InChI=1S/C10H11N3.ClH/c1-7-2-4-8(5-3-7)9-6-12-13-10(9)11;/h2-6H,1H3,(H3,11,12,13);1H. The van der Waals surface area contributed by atoms with E-state index in [0.717, 1.165) is 11.1 Å².